The van der Waals surface area contributed by atoms with Crippen molar-refractivity contribution in [2.24, 2.45) is 11.3 Å². The summed E-state index contributed by atoms with van der Waals surface area (Å²) in [5.74, 6) is 1.34. The molecule has 4 heteroatoms. The number of nitrogens with one attached hydrogen (secondary N) is 1. The number of benzene rings is 2. The Labute approximate surface area is 196 Å². The third kappa shape index (κ3) is 3.67. The second kappa shape index (κ2) is 7.59. The second-order valence-electron chi connectivity index (χ2n) is 11.3. The zero-order chi connectivity index (χ0) is 22.0. The van der Waals surface area contributed by atoms with Crippen LogP contribution in [0.4, 0.5) is 4.79 Å². The Kier molecular flexibility index (Phi) is 4.62. The van der Waals surface area contributed by atoms with Gasteiger partial charge in [-0.05, 0) is 110 Å². The second-order valence-corrected chi connectivity index (χ2v) is 11.3. The molecule has 3 aliphatic carbocycles. The van der Waals surface area contributed by atoms with Crippen molar-refractivity contribution in [2.45, 2.75) is 69.4 Å². The summed E-state index contributed by atoms with van der Waals surface area (Å²) in [4.78, 5) is 15.4. The molecule has 2 aromatic rings. The molecule has 4 nitrogen and oxygen atoms in total. The quantitative estimate of drug-likeness (QED) is 0.649. The van der Waals surface area contributed by atoms with Crippen LogP contribution in [0.2, 0.25) is 0 Å². The number of rotatable bonds is 4. The minimum Gasteiger partial charge on any atom is -0.445 e. The van der Waals surface area contributed by atoms with E-state index >= 15 is 0 Å². The van der Waals surface area contributed by atoms with E-state index in [1.807, 2.05) is 0 Å². The lowest BCUT2D eigenvalue weighted by molar-refractivity contribution is -0.0347. The summed E-state index contributed by atoms with van der Waals surface area (Å²) in [7, 11) is 0. The van der Waals surface area contributed by atoms with Crippen LogP contribution in [0.3, 0.4) is 0 Å². The van der Waals surface area contributed by atoms with Crippen LogP contribution in [0.1, 0.15) is 73.6 Å². The first-order valence-corrected chi connectivity index (χ1v) is 13.1. The molecule has 0 radical (unpaired) electrons. The molecule has 3 heterocycles. The van der Waals surface area contributed by atoms with Gasteiger partial charge in [-0.3, -0.25) is 4.90 Å². The molecule has 1 spiro atoms. The SMILES string of the molecule is O=C(NC1c2ccc(-c3ccc(C4CC4)cc3)cc2CCC12CC2)O[C@H]1CN2CCC1CC2. The number of piperidine rings is 3. The number of alkyl carbamates (subject to hydrolysis) is 1. The lowest BCUT2D eigenvalue weighted by Gasteiger charge is -2.44. The Morgan fingerprint density at radius 1 is 0.939 bits per heavy atom. The van der Waals surface area contributed by atoms with Crippen molar-refractivity contribution in [2.75, 3.05) is 19.6 Å². The van der Waals surface area contributed by atoms with Crippen molar-refractivity contribution in [3.05, 3.63) is 59.2 Å². The van der Waals surface area contributed by atoms with Gasteiger partial charge >= 0.3 is 6.09 Å². The van der Waals surface area contributed by atoms with Crippen LogP contribution in [0, 0.1) is 11.3 Å². The van der Waals surface area contributed by atoms with Crippen LogP contribution in [0.15, 0.2) is 42.5 Å². The van der Waals surface area contributed by atoms with E-state index in [-0.39, 0.29) is 23.7 Å². The highest BCUT2D eigenvalue weighted by Crippen LogP contribution is 2.61. The Hall–Kier alpha value is -2.33. The third-order valence-electron chi connectivity index (χ3n) is 9.26. The highest BCUT2D eigenvalue weighted by molar-refractivity contribution is 5.70. The first-order chi connectivity index (χ1) is 16.2. The Bertz CT molecular complexity index is 1060. The molecule has 1 N–H and O–H groups in total. The molecule has 2 aromatic carbocycles. The van der Waals surface area contributed by atoms with E-state index in [1.54, 1.807) is 0 Å². The summed E-state index contributed by atoms with van der Waals surface area (Å²) in [6, 6.07) is 16.1. The van der Waals surface area contributed by atoms with Crippen LogP contribution >= 0.6 is 0 Å². The van der Waals surface area contributed by atoms with E-state index in [2.05, 4.69) is 52.7 Å². The van der Waals surface area contributed by atoms with Gasteiger partial charge in [-0.15, -0.1) is 0 Å². The molecule has 1 unspecified atom stereocenters. The molecule has 3 saturated heterocycles. The number of aryl methyl sites for hydroxylation is 1. The molecule has 2 saturated carbocycles. The number of carbonyl (C=O) groups is 1. The fourth-order valence-electron chi connectivity index (χ4n) is 6.77. The molecule has 8 rings (SSSR count). The maximum absolute atomic E-state index is 13.0. The fraction of sp³-hybridized carbons (Fsp3) is 0.552. The molecule has 2 atom stereocenters. The largest absolute Gasteiger partial charge is 0.445 e. The zero-order valence-corrected chi connectivity index (χ0v) is 19.4. The molecule has 3 aliphatic heterocycles. The van der Waals surface area contributed by atoms with E-state index < -0.39 is 0 Å². The van der Waals surface area contributed by atoms with E-state index in [0.29, 0.717) is 5.92 Å². The lowest BCUT2D eigenvalue weighted by atomic mass is 9.76. The minimum absolute atomic E-state index is 0.0618. The fourth-order valence-corrected chi connectivity index (χ4v) is 6.77. The highest BCUT2D eigenvalue weighted by atomic mass is 16.6. The van der Waals surface area contributed by atoms with Crippen LogP contribution in [-0.4, -0.2) is 36.7 Å². The normalized spacial score (nSPS) is 31.2. The molecular formula is C29H34N2O2. The van der Waals surface area contributed by atoms with E-state index in [0.717, 1.165) is 38.4 Å². The number of amides is 1. The number of ether oxygens (including phenoxy) is 1. The van der Waals surface area contributed by atoms with Gasteiger partial charge in [-0.1, -0.05) is 42.5 Å². The maximum atomic E-state index is 13.0. The lowest BCUT2D eigenvalue weighted by Crippen LogP contribution is -2.53. The minimum atomic E-state index is -0.211. The zero-order valence-electron chi connectivity index (χ0n) is 19.4. The molecule has 172 valence electrons. The molecule has 5 fully saturated rings. The van der Waals surface area contributed by atoms with E-state index in [4.69, 9.17) is 4.74 Å². The maximum Gasteiger partial charge on any atom is 0.407 e. The molecule has 6 aliphatic rings. The molecular weight excluding hydrogens is 408 g/mol. The Morgan fingerprint density at radius 3 is 2.36 bits per heavy atom. The number of fused-ring (bicyclic) bond motifs is 4. The predicted octanol–water partition coefficient (Wildman–Crippen LogP) is 5.82. The van der Waals surface area contributed by atoms with Gasteiger partial charge < -0.3 is 10.1 Å². The van der Waals surface area contributed by atoms with Crippen molar-refractivity contribution in [1.29, 1.82) is 0 Å². The standard InChI is InChI=1S/C29H34N2O2/c32-28(33-26-18-31-15-10-22(26)11-16-31)30-27-25-8-7-23(17-24(25)9-12-29(27)13-14-29)21-5-3-20(4-6-21)19-1-2-19/h3-8,17,19,22,26-27H,1-2,9-16,18H2,(H,30,32)/t26-,27?/m0/s1. The van der Waals surface area contributed by atoms with E-state index in [1.165, 1.54) is 66.3 Å². The number of nitrogens with zero attached hydrogens (tertiary/aromatic N) is 1. The first kappa shape index (κ1) is 20.1. The molecule has 33 heavy (non-hydrogen) atoms. The number of hydrogen-bond acceptors (Lipinski definition) is 3. The van der Waals surface area contributed by atoms with Gasteiger partial charge in [0, 0.05) is 6.54 Å². The van der Waals surface area contributed by atoms with Gasteiger partial charge in [0.25, 0.3) is 0 Å². The molecule has 1 amide bonds. The molecule has 0 aromatic heterocycles. The summed E-state index contributed by atoms with van der Waals surface area (Å²) in [5.41, 5.74) is 7.01. The van der Waals surface area contributed by atoms with Crippen molar-refractivity contribution in [3.8, 4) is 11.1 Å². The van der Waals surface area contributed by atoms with Crippen molar-refractivity contribution in [3.63, 3.8) is 0 Å². The van der Waals surface area contributed by atoms with Gasteiger partial charge in [0.05, 0.1) is 6.04 Å². The molecule has 2 bridgehead atoms. The Balaban J connectivity index is 1.10. The van der Waals surface area contributed by atoms with E-state index in [9.17, 15) is 4.79 Å². The van der Waals surface area contributed by atoms with Crippen LogP contribution in [0.5, 0.6) is 0 Å². The highest BCUT2D eigenvalue weighted by Gasteiger charge is 2.53. The van der Waals surface area contributed by atoms with Crippen LogP contribution in [0.25, 0.3) is 11.1 Å². The summed E-state index contributed by atoms with van der Waals surface area (Å²) in [5, 5.41) is 3.34. The van der Waals surface area contributed by atoms with Crippen LogP contribution < -0.4 is 5.32 Å². The van der Waals surface area contributed by atoms with Crippen LogP contribution in [-0.2, 0) is 11.2 Å². The summed E-state index contributed by atoms with van der Waals surface area (Å²) in [6.45, 7) is 3.24. The number of hydrogen-bond donors (Lipinski definition) is 1. The summed E-state index contributed by atoms with van der Waals surface area (Å²) >= 11 is 0. The third-order valence-corrected chi connectivity index (χ3v) is 9.26. The summed E-state index contributed by atoms with van der Waals surface area (Å²) < 4.78 is 6.00. The van der Waals surface area contributed by atoms with Crippen molar-refractivity contribution in [1.82, 2.24) is 10.2 Å². The van der Waals surface area contributed by atoms with Crippen molar-refractivity contribution < 1.29 is 9.53 Å². The average molecular weight is 443 g/mol. The Morgan fingerprint density at radius 2 is 1.70 bits per heavy atom. The monoisotopic (exact) mass is 442 g/mol. The topological polar surface area (TPSA) is 41.6 Å². The van der Waals surface area contributed by atoms with Gasteiger partial charge in [-0.25, -0.2) is 4.79 Å². The van der Waals surface area contributed by atoms with Gasteiger partial charge in [0.2, 0.25) is 0 Å². The smallest absolute Gasteiger partial charge is 0.407 e. The summed E-state index contributed by atoms with van der Waals surface area (Å²) in [6.07, 6.45) is 9.56. The first-order valence-electron chi connectivity index (χ1n) is 13.1. The van der Waals surface area contributed by atoms with Crippen molar-refractivity contribution >= 4 is 6.09 Å². The predicted molar refractivity (Wildman–Crippen MR) is 129 cm³/mol. The van der Waals surface area contributed by atoms with Gasteiger partial charge in [-0.2, -0.15) is 0 Å². The number of carbonyl (C=O) groups excluding carboxylic acids is 1. The van der Waals surface area contributed by atoms with Gasteiger partial charge in [0.15, 0.2) is 0 Å². The van der Waals surface area contributed by atoms with Gasteiger partial charge in [0.1, 0.15) is 6.10 Å². The average Bonchev–Trinajstić information content (AvgIpc) is 3.78.